The Morgan fingerprint density at radius 1 is 1.07 bits per heavy atom. The van der Waals surface area contributed by atoms with Crippen LogP contribution in [0.25, 0.3) is 0 Å². The largest absolute Gasteiger partial charge is 0.336 e. The van der Waals surface area contributed by atoms with Crippen molar-refractivity contribution in [2.75, 3.05) is 32.7 Å². The van der Waals surface area contributed by atoms with Gasteiger partial charge in [0.2, 0.25) is 10.0 Å². The predicted molar refractivity (Wildman–Crippen MR) is 115 cm³/mol. The van der Waals surface area contributed by atoms with Crippen LogP contribution in [0.2, 0.25) is 5.02 Å². The summed E-state index contributed by atoms with van der Waals surface area (Å²) in [6, 6.07) is 14.1. The number of hydrogen-bond acceptors (Lipinski definition) is 4. The molecule has 29 heavy (non-hydrogen) atoms. The molecule has 1 amide bonds. The van der Waals surface area contributed by atoms with Crippen LogP contribution < -0.4 is 4.72 Å². The molecule has 0 bridgehead atoms. The number of nitrogens with zero attached hydrogens (tertiary/aromatic N) is 2. The summed E-state index contributed by atoms with van der Waals surface area (Å²) in [5.74, 6) is -0.0811. The summed E-state index contributed by atoms with van der Waals surface area (Å²) in [4.78, 5) is 17.1. The summed E-state index contributed by atoms with van der Waals surface area (Å²) in [6.45, 7) is 6.91. The van der Waals surface area contributed by atoms with Crippen LogP contribution in [0.4, 0.5) is 0 Å². The van der Waals surface area contributed by atoms with E-state index in [0.717, 1.165) is 23.7 Å². The molecule has 1 unspecified atom stereocenters. The lowest BCUT2D eigenvalue weighted by molar-refractivity contribution is 0.0582. The second kappa shape index (κ2) is 9.26. The Labute approximate surface area is 177 Å². The normalized spacial score (nSPS) is 16.6. The Morgan fingerprint density at radius 3 is 2.28 bits per heavy atom. The van der Waals surface area contributed by atoms with E-state index in [1.165, 1.54) is 12.1 Å². The van der Waals surface area contributed by atoms with Crippen LogP contribution in [-0.4, -0.2) is 56.8 Å². The number of carbonyl (C=O) groups excluding carboxylic acids is 1. The highest BCUT2D eigenvalue weighted by molar-refractivity contribution is 7.89. The van der Waals surface area contributed by atoms with Crippen LogP contribution in [0.15, 0.2) is 53.4 Å². The SMILES string of the molecule is CCNS(=O)(=O)c1ccc(C(=O)N2CCN(C(C)c3ccccc3Cl)CC2)cc1. The van der Waals surface area contributed by atoms with Gasteiger partial charge in [-0.2, -0.15) is 0 Å². The first-order chi connectivity index (χ1) is 13.8. The molecule has 3 rings (SSSR count). The molecule has 0 aromatic heterocycles. The first kappa shape index (κ1) is 21.8. The van der Waals surface area contributed by atoms with Gasteiger partial charge in [0.15, 0.2) is 0 Å². The highest BCUT2D eigenvalue weighted by atomic mass is 35.5. The zero-order valence-electron chi connectivity index (χ0n) is 16.6. The van der Waals surface area contributed by atoms with Crippen molar-refractivity contribution in [1.29, 1.82) is 0 Å². The Morgan fingerprint density at radius 2 is 1.69 bits per heavy atom. The number of rotatable bonds is 6. The van der Waals surface area contributed by atoms with Gasteiger partial charge in [0, 0.05) is 49.4 Å². The van der Waals surface area contributed by atoms with E-state index in [2.05, 4.69) is 16.5 Å². The highest BCUT2D eigenvalue weighted by Gasteiger charge is 2.26. The van der Waals surface area contributed by atoms with Gasteiger partial charge in [-0.25, -0.2) is 13.1 Å². The molecule has 0 aliphatic carbocycles. The van der Waals surface area contributed by atoms with Gasteiger partial charge < -0.3 is 4.90 Å². The van der Waals surface area contributed by atoms with Crippen molar-refractivity contribution in [3.8, 4) is 0 Å². The first-order valence-corrected chi connectivity index (χ1v) is 11.6. The summed E-state index contributed by atoms with van der Waals surface area (Å²) < 4.78 is 26.5. The Bertz CT molecular complexity index is 955. The molecule has 2 aromatic carbocycles. The Kier molecular flexibility index (Phi) is 6.95. The van der Waals surface area contributed by atoms with Crippen molar-refractivity contribution >= 4 is 27.5 Å². The fourth-order valence-corrected chi connectivity index (χ4v) is 4.89. The van der Waals surface area contributed by atoms with Gasteiger partial charge in [-0.05, 0) is 42.8 Å². The topological polar surface area (TPSA) is 69.7 Å². The van der Waals surface area contributed by atoms with E-state index in [-0.39, 0.29) is 16.8 Å². The number of nitrogens with one attached hydrogen (secondary N) is 1. The molecule has 1 heterocycles. The number of benzene rings is 2. The summed E-state index contributed by atoms with van der Waals surface area (Å²) in [5, 5.41) is 0.756. The maximum absolute atomic E-state index is 12.8. The van der Waals surface area contributed by atoms with E-state index < -0.39 is 10.0 Å². The molecule has 8 heteroatoms. The number of amides is 1. The van der Waals surface area contributed by atoms with E-state index in [4.69, 9.17) is 11.6 Å². The number of sulfonamides is 1. The van der Waals surface area contributed by atoms with Crippen LogP contribution >= 0.6 is 11.6 Å². The number of hydrogen-bond donors (Lipinski definition) is 1. The summed E-state index contributed by atoms with van der Waals surface area (Å²) in [5.41, 5.74) is 1.58. The first-order valence-electron chi connectivity index (χ1n) is 9.71. The smallest absolute Gasteiger partial charge is 0.253 e. The monoisotopic (exact) mass is 435 g/mol. The highest BCUT2D eigenvalue weighted by Crippen LogP contribution is 2.28. The van der Waals surface area contributed by atoms with E-state index in [0.29, 0.717) is 25.2 Å². The number of carbonyl (C=O) groups is 1. The molecule has 0 radical (unpaired) electrons. The average molecular weight is 436 g/mol. The standard InChI is InChI=1S/C21H26ClN3O3S/c1-3-23-29(27,28)18-10-8-17(9-11-18)21(26)25-14-12-24(13-15-25)16(2)19-6-4-5-7-20(19)22/h4-11,16,23H,3,12-15H2,1-2H3. The van der Waals surface area contributed by atoms with E-state index >= 15 is 0 Å². The Hall–Kier alpha value is -1.93. The third-order valence-corrected chi connectivity index (χ3v) is 7.16. The van der Waals surface area contributed by atoms with Crippen LogP contribution in [-0.2, 0) is 10.0 Å². The molecule has 1 fully saturated rings. The van der Waals surface area contributed by atoms with Crippen LogP contribution in [0, 0.1) is 0 Å². The molecular formula is C21H26ClN3O3S. The molecule has 1 saturated heterocycles. The van der Waals surface area contributed by atoms with Crippen LogP contribution in [0.3, 0.4) is 0 Å². The van der Waals surface area contributed by atoms with Gasteiger partial charge in [-0.1, -0.05) is 36.7 Å². The molecule has 1 N–H and O–H groups in total. The molecule has 0 spiro atoms. The van der Waals surface area contributed by atoms with E-state index in [1.807, 2.05) is 29.2 Å². The molecule has 1 aliphatic rings. The average Bonchev–Trinajstić information content (AvgIpc) is 2.73. The second-order valence-corrected chi connectivity index (χ2v) is 9.23. The molecule has 1 aliphatic heterocycles. The lowest BCUT2D eigenvalue weighted by Gasteiger charge is -2.38. The van der Waals surface area contributed by atoms with Gasteiger partial charge in [0.1, 0.15) is 0 Å². The summed E-state index contributed by atoms with van der Waals surface area (Å²) in [7, 11) is -3.52. The summed E-state index contributed by atoms with van der Waals surface area (Å²) in [6.07, 6.45) is 0. The van der Waals surface area contributed by atoms with Gasteiger partial charge in [-0.15, -0.1) is 0 Å². The minimum atomic E-state index is -3.52. The van der Waals surface area contributed by atoms with Crippen molar-refractivity contribution < 1.29 is 13.2 Å². The second-order valence-electron chi connectivity index (χ2n) is 7.05. The van der Waals surface area contributed by atoms with Crippen molar-refractivity contribution in [2.24, 2.45) is 0 Å². The zero-order valence-corrected chi connectivity index (χ0v) is 18.2. The van der Waals surface area contributed by atoms with Gasteiger partial charge in [0.25, 0.3) is 5.91 Å². The number of halogens is 1. The molecular weight excluding hydrogens is 410 g/mol. The van der Waals surface area contributed by atoms with E-state index in [1.54, 1.807) is 19.1 Å². The fourth-order valence-electron chi connectivity index (χ4n) is 3.56. The Balaban J connectivity index is 1.62. The quantitative estimate of drug-likeness (QED) is 0.756. The van der Waals surface area contributed by atoms with Crippen molar-refractivity contribution in [3.63, 3.8) is 0 Å². The summed E-state index contributed by atoms with van der Waals surface area (Å²) >= 11 is 6.32. The lowest BCUT2D eigenvalue weighted by atomic mass is 10.1. The zero-order chi connectivity index (χ0) is 21.0. The van der Waals surface area contributed by atoms with Crippen molar-refractivity contribution in [1.82, 2.24) is 14.5 Å². The van der Waals surface area contributed by atoms with Crippen LogP contribution in [0.1, 0.15) is 35.8 Å². The molecule has 6 nitrogen and oxygen atoms in total. The lowest BCUT2D eigenvalue weighted by Crippen LogP contribution is -2.49. The van der Waals surface area contributed by atoms with Crippen molar-refractivity contribution in [2.45, 2.75) is 24.8 Å². The maximum Gasteiger partial charge on any atom is 0.253 e. The molecule has 1 atom stereocenters. The maximum atomic E-state index is 12.8. The third-order valence-electron chi connectivity index (χ3n) is 5.25. The fraction of sp³-hybridized carbons (Fsp3) is 0.381. The van der Waals surface area contributed by atoms with E-state index in [9.17, 15) is 13.2 Å². The van der Waals surface area contributed by atoms with Gasteiger partial charge in [0.05, 0.1) is 4.90 Å². The van der Waals surface area contributed by atoms with Crippen LogP contribution in [0.5, 0.6) is 0 Å². The molecule has 2 aromatic rings. The molecule has 156 valence electrons. The predicted octanol–water partition coefficient (Wildman–Crippen LogP) is 3.16. The van der Waals surface area contributed by atoms with Gasteiger partial charge >= 0.3 is 0 Å². The van der Waals surface area contributed by atoms with Crippen molar-refractivity contribution in [3.05, 3.63) is 64.7 Å². The minimum Gasteiger partial charge on any atom is -0.336 e. The minimum absolute atomic E-state index is 0.0811. The van der Waals surface area contributed by atoms with Gasteiger partial charge in [-0.3, -0.25) is 9.69 Å². The number of piperazine rings is 1. The molecule has 0 saturated carbocycles. The third kappa shape index (κ3) is 4.98.